The SMILES string of the molecule is Cc1cc(CNC(=O)CCC(C)(C)N)no1. The fraction of sp³-hybridized carbons (Fsp3) is 0.636. The van der Waals surface area contributed by atoms with Crippen LogP contribution in [0.3, 0.4) is 0 Å². The minimum absolute atomic E-state index is 0.0146. The van der Waals surface area contributed by atoms with Gasteiger partial charge in [-0.2, -0.15) is 0 Å². The van der Waals surface area contributed by atoms with Crippen molar-refractivity contribution in [1.82, 2.24) is 10.5 Å². The van der Waals surface area contributed by atoms with Gasteiger partial charge in [0.2, 0.25) is 5.91 Å². The van der Waals surface area contributed by atoms with Crippen LogP contribution in [0.5, 0.6) is 0 Å². The summed E-state index contributed by atoms with van der Waals surface area (Å²) in [6, 6.07) is 1.80. The maximum Gasteiger partial charge on any atom is 0.220 e. The van der Waals surface area contributed by atoms with E-state index >= 15 is 0 Å². The molecule has 0 aliphatic rings. The molecule has 16 heavy (non-hydrogen) atoms. The van der Waals surface area contributed by atoms with Gasteiger partial charge in [0.05, 0.1) is 6.54 Å². The molecule has 1 aromatic rings. The van der Waals surface area contributed by atoms with Crippen molar-refractivity contribution < 1.29 is 9.32 Å². The molecule has 1 rings (SSSR count). The predicted molar refractivity (Wildman–Crippen MR) is 60.6 cm³/mol. The first-order chi connectivity index (χ1) is 7.37. The first-order valence-electron chi connectivity index (χ1n) is 5.34. The molecule has 0 unspecified atom stereocenters. The highest BCUT2D eigenvalue weighted by molar-refractivity contribution is 5.75. The summed E-state index contributed by atoms with van der Waals surface area (Å²) in [5, 5.41) is 6.55. The van der Waals surface area contributed by atoms with Crippen LogP contribution in [0.1, 0.15) is 38.1 Å². The van der Waals surface area contributed by atoms with Gasteiger partial charge in [0.1, 0.15) is 11.5 Å². The van der Waals surface area contributed by atoms with Crippen LogP contribution < -0.4 is 11.1 Å². The van der Waals surface area contributed by atoms with E-state index in [1.165, 1.54) is 0 Å². The van der Waals surface area contributed by atoms with Crippen molar-refractivity contribution in [2.45, 2.75) is 45.7 Å². The van der Waals surface area contributed by atoms with Crippen molar-refractivity contribution in [1.29, 1.82) is 0 Å². The second-order valence-corrected chi connectivity index (χ2v) is 4.69. The number of nitrogens with one attached hydrogen (secondary N) is 1. The molecule has 0 atom stereocenters. The smallest absolute Gasteiger partial charge is 0.220 e. The van der Waals surface area contributed by atoms with E-state index in [1.54, 1.807) is 6.07 Å². The van der Waals surface area contributed by atoms with Crippen LogP contribution in [-0.4, -0.2) is 16.6 Å². The van der Waals surface area contributed by atoms with Crippen molar-refractivity contribution >= 4 is 5.91 Å². The summed E-state index contributed by atoms with van der Waals surface area (Å²) in [4.78, 5) is 11.4. The Morgan fingerprint density at radius 2 is 2.31 bits per heavy atom. The first-order valence-corrected chi connectivity index (χ1v) is 5.34. The molecule has 0 saturated carbocycles. The number of aryl methyl sites for hydroxylation is 1. The van der Waals surface area contributed by atoms with E-state index in [4.69, 9.17) is 10.3 Å². The minimum Gasteiger partial charge on any atom is -0.361 e. The highest BCUT2D eigenvalue weighted by Crippen LogP contribution is 2.07. The summed E-state index contributed by atoms with van der Waals surface area (Å²) >= 11 is 0. The van der Waals surface area contributed by atoms with E-state index in [-0.39, 0.29) is 11.4 Å². The van der Waals surface area contributed by atoms with E-state index in [0.717, 1.165) is 11.5 Å². The molecule has 0 saturated heterocycles. The number of aromatic nitrogens is 1. The second-order valence-electron chi connectivity index (χ2n) is 4.69. The molecule has 5 nitrogen and oxygen atoms in total. The van der Waals surface area contributed by atoms with Gasteiger partial charge in [-0.25, -0.2) is 0 Å². The summed E-state index contributed by atoms with van der Waals surface area (Å²) in [6.45, 7) is 6.03. The van der Waals surface area contributed by atoms with Crippen LogP contribution in [0, 0.1) is 6.92 Å². The third-order valence-corrected chi connectivity index (χ3v) is 2.14. The summed E-state index contributed by atoms with van der Waals surface area (Å²) < 4.78 is 4.89. The molecular weight excluding hydrogens is 206 g/mol. The zero-order valence-corrected chi connectivity index (χ0v) is 10.0. The monoisotopic (exact) mass is 225 g/mol. The number of rotatable bonds is 5. The van der Waals surface area contributed by atoms with E-state index in [1.807, 2.05) is 20.8 Å². The van der Waals surface area contributed by atoms with E-state index in [0.29, 0.717) is 19.4 Å². The minimum atomic E-state index is -0.304. The van der Waals surface area contributed by atoms with Crippen LogP contribution in [0.2, 0.25) is 0 Å². The third-order valence-electron chi connectivity index (χ3n) is 2.14. The largest absolute Gasteiger partial charge is 0.361 e. The van der Waals surface area contributed by atoms with Gasteiger partial charge < -0.3 is 15.6 Å². The molecular formula is C11H19N3O2. The average Bonchev–Trinajstić information content (AvgIpc) is 2.57. The zero-order valence-electron chi connectivity index (χ0n) is 10.0. The lowest BCUT2D eigenvalue weighted by Crippen LogP contribution is -2.34. The molecule has 1 heterocycles. The molecule has 0 aromatic carbocycles. The summed E-state index contributed by atoms with van der Waals surface area (Å²) in [5.74, 6) is 0.728. The standard InChI is InChI=1S/C11H19N3O2/c1-8-6-9(14-16-8)7-13-10(15)4-5-11(2,3)12/h6H,4-5,7,12H2,1-3H3,(H,13,15). The van der Waals surface area contributed by atoms with Crippen molar-refractivity contribution in [2.24, 2.45) is 5.73 Å². The Balaban J connectivity index is 2.25. The molecule has 0 fully saturated rings. The van der Waals surface area contributed by atoms with Gasteiger partial charge in [-0.1, -0.05) is 5.16 Å². The van der Waals surface area contributed by atoms with Crippen LogP contribution in [0.25, 0.3) is 0 Å². The van der Waals surface area contributed by atoms with Gasteiger partial charge >= 0.3 is 0 Å². The molecule has 90 valence electrons. The van der Waals surface area contributed by atoms with Gasteiger partial charge in [-0.15, -0.1) is 0 Å². The number of nitrogens with two attached hydrogens (primary N) is 1. The van der Waals surface area contributed by atoms with E-state index in [2.05, 4.69) is 10.5 Å². The Labute approximate surface area is 95.4 Å². The summed E-state index contributed by atoms with van der Waals surface area (Å²) in [7, 11) is 0. The maximum absolute atomic E-state index is 11.4. The van der Waals surface area contributed by atoms with Crippen LogP contribution in [0.15, 0.2) is 10.6 Å². The lowest BCUT2D eigenvalue weighted by Gasteiger charge is -2.17. The normalized spacial score (nSPS) is 11.5. The Kier molecular flexibility index (Phi) is 4.06. The van der Waals surface area contributed by atoms with Gasteiger partial charge in [0.15, 0.2) is 0 Å². The molecule has 0 radical (unpaired) electrons. The average molecular weight is 225 g/mol. The number of hydrogen-bond acceptors (Lipinski definition) is 4. The second kappa shape index (κ2) is 5.12. The zero-order chi connectivity index (χ0) is 12.2. The Morgan fingerprint density at radius 3 is 2.81 bits per heavy atom. The molecule has 0 bridgehead atoms. The Morgan fingerprint density at radius 1 is 1.62 bits per heavy atom. The van der Waals surface area contributed by atoms with Gasteiger partial charge in [-0.05, 0) is 27.2 Å². The molecule has 0 aliphatic carbocycles. The van der Waals surface area contributed by atoms with Crippen molar-refractivity contribution in [3.8, 4) is 0 Å². The number of carbonyl (C=O) groups is 1. The molecule has 3 N–H and O–H groups in total. The molecule has 0 aliphatic heterocycles. The number of hydrogen-bond donors (Lipinski definition) is 2. The van der Waals surface area contributed by atoms with Gasteiger partial charge in [0, 0.05) is 18.0 Å². The number of nitrogens with zero attached hydrogens (tertiary/aromatic N) is 1. The van der Waals surface area contributed by atoms with Gasteiger partial charge in [-0.3, -0.25) is 4.79 Å². The van der Waals surface area contributed by atoms with Crippen molar-refractivity contribution in [2.75, 3.05) is 0 Å². The van der Waals surface area contributed by atoms with Crippen LogP contribution in [0.4, 0.5) is 0 Å². The highest BCUT2D eigenvalue weighted by atomic mass is 16.5. The van der Waals surface area contributed by atoms with Crippen LogP contribution in [-0.2, 0) is 11.3 Å². The van der Waals surface area contributed by atoms with Crippen LogP contribution >= 0.6 is 0 Å². The lowest BCUT2D eigenvalue weighted by molar-refractivity contribution is -0.121. The lowest BCUT2D eigenvalue weighted by atomic mass is 10.00. The fourth-order valence-corrected chi connectivity index (χ4v) is 1.21. The Hall–Kier alpha value is -1.36. The molecule has 5 heteroatoms. The molecule has 1 aromatic heterocycles. The third kappa shape index (κ3) is 4.93. The highest BCUT2D eigenvalue weighted by Gasteiger charge is 2.13. The molecule has 0 spiro atoms. The molecule has 1 amide bonds. The summed E-state index contributed by atoms with van der Waals surface area (Å²) in [5.41, 5.74) is 6.22. The summed E-state index contributed by atoms with van der Waals surface area (Å²) in [6.07, 6.45) is 1.09. The maximum atomic E-state index is 11.4. The predicted octanol–water partition coefficient (Wildman–Crippen LogP) is 1.12. The quantitative estimate of drug-likeness (QED) is 0.786. The number of amides is 1. The van der Waals surface area contributed by atoms with Gasteiger partial charge in [0.25, 0.3) is 0 Å². The number of carbonyl (C=O) groups excluding carboxylic acids is 1. The topological polar surface area (TPSA) is 81.2 Å². The van der Waals surface area contributed by atoms with E-state index in [9.17, 15) is 4.79 Å². The van der Waals surface area contributed by atoms with Crippen molar-refractivity contribution in [3.05, 3.63) is 17.5 Å². The van der Waals surface area contributed by atoms with E-state index < -0.39 is 0 Å². The van der Waals surface area contributed by atoms with Crippen molar-refractivity contribution in [3.63, 3.8) is 0 Å². The fourth-order valence-electron chi connectivity index (χ4n) is 1.21. The first kappa shape index (κ1) is 12.7. The Bertz CT molecular complexity index is 352.